The molecule has 4 heteroatoms. The lowest BCUT2D eigenvalue weighted by Crippen LogP contribution is -2.19. The molecular formula is C9H15O4. The van der Waals surface area contributed by atoms with Gasteiger partial charge in [0.1, 0.15) is 6.61 Å². The predicted molar refractivity (Wildman–Crippen MR) is 47.4 cm³/mol. The zero-order valence-corrected chi connectivity index (χ0v) is 8.20. The van der Waals surface area contributed by atoms with Gasteiger partial charge in [-0.2, -0.15) is 0 Å². The summed E-state index contributed by atoms with van der Waals surface area (Å²) in [4.78, 5) is 20.0. The minimum absolute atomic E-state index is 0.0426. The molecule has 0 rings (SSSR count). The van der Waals surface area contributed by atoms with Crippen LogP contribution < -0.4 is 0 Å². The van der Waals surface area contributed by atoms with E-state index < -0.39 is 5.97 Å². The van der Waals surface area contributed by atoms with E-state index in [1.165, 1.54) is 6.61 Å². The standard InChI is InChI=1S/C9H15O4/c1-5-8(10)11-6-7-12-13-9(2,3)4/h5,7H,1,6H2,2-4H3. The zero-order chi connectivity index (χ0) is 10.3. The molecular weight excluding hydrogens is 172 g/mol. The highest BCUT2D eigenvalue weighted by Crippen LogP contribution is 2.07. The number of rotatable bonds is 5. The SMILES string of the molecule is C=CC(=O)OC[CH]OOC(C)(C)C. The fourth-order valence-electron chi connectivity index (χ4n) is 0.381. The molecule has 0 aromatic rings. The molecule has 0 aliphatic heterocycles. The molecule has 1 radical (unpaired) electrons. The molecule has 0 aliphatic rings. The summed E-state index contributed by atoms with van der Waals surface area (Å²) in [6.07, 6.45) is 1.08. The van der Waals surface area contributed by atoms with E-state index in [0.29, 0.717) is 0 Å². The molecule has 0 N–H and O–H groups in total. The van der Waals surface area contributed by atoms with Crippen LogP contribution in [-0.4, -0.2) is 18.2 Å². The molecule has 0 fully saturated rings. The second-order valence-electron chi connectivity index (χ2n) is 3.29. The molecule has 0 spiro atoms. The summed E-state index contributed by atoms with van der Waals surface area (Å²) >= 11 is 0. The van der Waals surface area contributed by atoms with Crippen LogP contribution in [0.15, 0.2) is 12.7 Å². The number of carbonyl (C=O) groups is 1. The van der Waals surface area contributed by atoms with Gasteiger partial charge in [-0.25, -0.2) is 14.6 Å². The average molecular weight is 187 g/mol. The minimum Gasteiger partial charge on any atom is -0.460 e. The molecule has 0 aliphatic carbocycles. The Morgan fingerprint density at radius 3 is 2.54 bits per heavy atom. The highest BCUT2D eigenvalue weighted by molar-refractivity contribution is 5.81. The van der Waals surface area contributed by atoms with Crippen LogP contribution in [0.5, 0.6) is 0 Å². The smallest absolute Gasteiger partial charge is 0.330 e. The number of carbonyl (C=O) groups excluding carboxylic acids is 1. The molecule has 75 valence electrons. The topological polar surface area (TPSA) is 44.8 Å². The first-order valence-corrected chi connectivity index (χ1v) is 3.91. The van der Waals surface area contributed by atoms with Gasteiger partial charge in [0.25, 0.3) is 0 Å². The van der Waals surface area contributed by atoms with Crippen molar-refractivity contribution in [3.05, 3.63) is 19.3 Å². The molecule has 0 heterocycles. The third kappa shape index (κ3) is 9.04. The highest BCUT2D eigenvalue weighted by Gasteiger charge is 2.11. The molecule has 0 aromatic carbocycles. The Hall–Kier alpha value is -0.870. The Morgan fingerprint density at radius 1 is 1.46 bits per heavy atom. The summed E-state index contributed by atoms with van der Waals surface area (Å²) in [7, 11) is 0. The first kappa shape index (κ1) is 12.1. The van der Waals surface area contributed by atoms with Crippen LogP contribution in [0, 0.1) is 6.61 Å². The van der Waals surface area contributed by atoms with E-state index >= 15 is 0 Å². The summed E-state index contributed by atoms with van der Waals surface area (Å²) in [5.74, 6) is -0.490. The normalized spacial score (nSPS) is 11.0. The summed E-state index contributed by atoms with van der Waals surface area (Å²) in [5.41, 5.74) is -0.376. The third-order valence-electron chi connectivity index (χ3n) is 0.826. The molecule has 0 amide bonds. The summed E-state index contributed by atoms with van der Waals surface area (Å²) in [5, 5.41) is 0. The van der Waals surface area contributed by atoms with Gasteiger partial charge < -0.3 is 4.74 Å². The van der Waals surface area contributed by atoms with Gasteiger partial charge in [-0.3, -0.25) is 0 Å². The summed E-state index contributed by atoms with van der Waals surface area (Å²) in [6, 6.07) is 0. The fraction of sp³-hybridized carbons (Fsp3) is 0.556. The van der Waals surface area contributed by atoms with Crippen LogP contribution in [0.1, 0.15) is 20.8 Å². The molecule has 13 heavy (non-hydrogen) atoms. The average Bonchev–Trinajstić information content (AvgIpc) is 2.01. The van der Waals surface area contributed by atoms with Crippen molar-refractivity contribution in [2.24, 2.45) is 0 Å². The number of ether oxygens (including phenoxy) is 1. The van der Waals surface area contributed by atoms with E-state index in [4.69, 9.17) is 4.89 Å². The van der Waals surface area contributed by atoms with Crippen LogP contribution in [0.3, 0.4) is 0 Å². The van der Waals surface area contributed by atoms with Crippen molar-refractivity contribution in [3.63, 3.8) is 0 Å². The second kappa shape index (κ2) is 5.72. The molecule has 0 bridgehead atoms. The van der Waals surface area contributed by atoms with E-state index in [9.17, 15) is 4.79 Å². The van der Waals surface area contributed by atoms with Crippen LogP contribution in [-0.2, 0) is 19.3 Å². The van der Waals surface area contributed by atoms with Crippen LogP contribution in [0.25, 0.3) is 0 Å². The summed E-state index contributed by atoms with van der Waals surface area (Å²) in [6.45, 7) is 10.1. The molecule has 4 nitrogen and oxygen atoms in total. The van der Waals surface area contributed by atoms with Gasteiger partial charge in [0.15, 0.2) is 6.61 Å². The number of esters is 1. The largest absolute Gasteiger partial charge is 0.460 e. The maximum absolute atomic E-state index is 10.5. The Bertz CT molecular complexity index is 169. The predicted octanol–water partition coefficient (Wildman–Crippen LogP) is 1.62. The fourth-order valence-corrected chi connectivity index (χ4v) is 0.381. The third-order valence-corrected chi connectivity index (χ3v) is 0.826. The van der Waals surface area contributed by atoms with Crippen molar-refractivity contribution >= 4 is 5.97 Å². The molecule has 0 atom stereocenters. The van der Waals surface area contributed by atoms with E-state index in [-0.39, 0.29) is 12.2 Å². The van der Waals surface area contributed by atoms with Gasteiger partial charge in [-0.15, -0.1) is 0 Å². The lowest BCUT2D eigenvalue weighted by atomic mass is 10.2. The second-order valence-corrected chi connectivity index (χ2v) is 3.29. The van der Waals surface area contributed by atoms with Gasteiger partial charge in [0.2, 0.25) is 0 Å². The van der Waals surface area contributed by atoms with Gasteiger partial charge in [-0.05, 0) is 20.8 Å². The Kier molecular flexibility index (Phi) is 5.34. The molecule has 0 saturated heterocycles. The first-order valence-electron chi connectivity index (χ1n) is 3.91. The molecule has 0 unspecified atom stereocenters. The number of hydrogen-bond acceptors (Lipinski definition) is 4. The maximum Gasteiger partial charge on any atom is 0.330 e. The van der Waals surface area contributed by atoms with Crippen molar-refractivity contribution in [1.29, 1.82) is 0 Å². The quantitative estimate of drug-likeness (QED) is 0.216. The lowest BCUT2D eigenvalue weighted by Gasteiger charge is -2.16. The van der Waals surface area contributed by atoms with Crippen LogP contribution in [0.4, 0.5) is 0 Å². The zero-order valence-electron chi connectivity index (χ0n) is 8.20. The van der Waals surface area contributed by atoms with Crippen LogP contribution >= 0.6 is 0 Å². The van der Waals surface area contributed by atoms with Crippen molar-refractivity contribution in [2.45, 2.75) is 26.4 Å². The Morgan fingerprint density at radius 2 is 2.08 bits per heavy atom. The van der Waals surface area contributed by atoms with Crippen molar-refractivity contribution in [2.75, 3.05) is 6.61 Å². The first-order chi connectivity index (χ1) is 5.95. The summed E-state index contributed by atoms with van der Waals surface area (Å²) < 4.78 is 4.59. The molecule has 0 saturated carbocycles. The monoisotopic (exact) mass is 187 g/mol. The van der Waals surface area contributed by atoms with Crippen molar-refractivity contribution in [3.8, 4) is 0 Å². The van der Waals surface area contributed by atoms with E-state index in [2.05, 4.69) is 16.2 Å². The Balaban J connectivity index is 3.27. The highest BCUT2D eigenvalue weighted by atomic mass is 17.2. The van der Waals surface area contributed by atoms with Gasteiger partial charge >= 0.3 is 5.97 Å². The van der Waals surface area contributed by atoms with Gasteiger partial charge in [-0.1, -0.05) is 6.58 Å². The Labute approximate surface area is 78.4 Å². The van der Waals surface area contributed by atoms with Gasteiger partial charge in [0, 0.05) is 6.08 Å². The van der Waals surface area contributed by atoms with Gasteiger partial charge in [0.05, 0.1) is 5.60 Å². The maximum atomic E-state index is 10.5. The van der Waals surface area contributed by atoms with E-state index in [0.717, 1.165) is 6.08 Å². The lowest BCUT2D eigenvalue weighted by molar-refractivity contribution is -0.328. The molecule has 0 aromatic heterocycles. The van der Waals surface area contributed by atoms with Crippen LogP contribution in [0.2, 0.25) is 0 Å². The van der Waals surface area contributed by atoms with Crippen molar-refractivity contribution in [1.82, 2.24) is 0 Å². The number of hydrogen-bond donors (Lipinski definition) is 0. The minimum atomic E-state index is -0.490. The van der Waals surface area contributed by atoms with Crippen molar-refractivity contribution < 1.29 is 19.3 Å². The van der Waals surface area contributed by atoms with E-state index in [1.54, 1.807) is 0 Å². The van der Waals surface area contributed by atoms with E-state index in [1.807, 2.05) is 20.8 Å².